The quantitative estimate of drug-likeness (QED) is 0.375. The molecule has 0 aromatic heterocycles. The molecular weight excluding hydrogens is 443 g/mol. The molecule has 2 N–H and O–H groups in total. The van der Waals surface area contributed by atoms with E-state index in [1.54, 1.807) is 62.8 Å². The summed E-state index contributed by atoms with van der Waals surface area (Å²) in [5, 5.41) is 17.7. The predicted molar refractivity (Wildman–Crippen MR) is 113 cm³/mol. The van der Waals surface area contributed by atoms with Gasteiger partial charge in [-0.25, -0.2) is 24.3 Å². The number of methoxy groups -OCH3 is 2. The standard InChI is InChI=1S/2C7H8O2.2C5H5.Zr/c2*1-9-7-4-2-3-6(8)5-7;2*1-2-4-5-3-1;/h2*2-5,8H,1H3;2*1-5H;/q;;2*-1;+2. The maximum atomic E-state index is 8.86. The molecular formula is C24H26O4Zr. The van der Waals surface area contributed by atoms with Crippen LogP contribution >= 0.6 is 0 Å². The number of rotatable bonds is 2. The molecule has 4 rings (SSSR count). The van der Waals surface area contributed by atoms with Crippen LogP contribution in [0.3, 0.4) is 0 Å². The van der Waals surface area contributed by atoms with Crippen LogP contribution in [-0.4, -0.2) is 24.4 Å². The molecule has 0 bridgehead atoms. The molecule has 0 aliphatic carbocycles. The molecule has 4 nitrogen and oxygen atoms in total. The van der Waals surface area contributed by atoms with Crippen molar-refractivity contribution < 1.29 is 45.9 Å². The number of phenols is 2. The first kappa shape index (κ1) is 26.2. The third-order valence-electron chi connectivity index (χ3n) is 3.22. The summed E-state index contributed by atoms with van der Waals surface area (Å²) in [4.78, 5) is 0. The molecule has 0 radical (unpaired) electrons. The van der Waals surface area contributed by atoms with Crippen molar-refractivity contribution in [1.82, 2.24) is 0 Å². The fourth-order valence-electron chi connectivity index (χ4n) is 1.86. The van der Waals surface area contributed by atoms with E-state index in [0.717, 1.165) is 0 Å². The van der Waals surface area contributed by atoms with Crippen LogP contribution in [0.25, 0.3) is 0 Å². The van der Waals surface area contributed by atoms with Gasteiger partial charge in [-0.3, -0.25) is 0 Å². The summed E-state index contributed by atoms with van der Waals surface area (Å²) in [6.45, 7) is 0. The maximum absolute atomic E-state index is 8.86. The van der Waals surface area contributed by atoms with E-state index in [4.69, 9.17) is 19.7 Å². The SMILES string of the molecule is COc1cccc(O)c1.COc1cccc(O)c1.[Zr+2].c1cc[cH-]c1.c1cc[cH-]c1. The van der Waals surface area contributed by atoms with Gasteiger partial charge in [-0.05, 0) is 24.3 Å². The van der Waals surface area contributed by atoms with Gasteiger partial charge in [-0.15, -0.1) is 0 Å². The number of ether oxygens (including phenoxy) is 2. The zero-order valence-electron chi connectivity index (χ0n) is 16.6. The molecule has 0 fully saturated rings. The van der Waals surface area contributed by atoms with E-state index in [-0.39, 0.29) is 37.7 Å². The summed E-state index contributed by atoms with van der Waals surface area (Å²) in [7, 11) is 3.13. The molecule has 0 saturated heterocycles. The molecule has 0 atom stereocenters. The van der Waals surface area contributed by atoms with Crippen LogP contribution in [-0.2, 0) is 26.2 Å². The van der Waals surface area contributed by atoms with Gasteiger partial charge >= 0.3 is 26.2 Å². The fourth-order valence-corrected chi connectivity index (χ4v) is 1.86. The monoisotopic (exact) mass is 468 g/mol. The van der Waals surface area contributed by atoms with E-state index in [0.29, 0.717) is 11.5 Å². The van der Waals surface area contributed by atoms with Gasteiger partial charge in [0.1, 0.15) is 23.0 Å². The van der Waals surface area contributed by atoms with Crippen molar-refractivity contribution in [2.75, 3.05) is 14.2 Å². The van der Waals surface area contributed by atoms with E-state index >= 15 is 0 Å². The third kappa shape index (κ3) is 14.0. The second-order valence-electron chi connectivity index (χ2n) is 5.33. The number of aromatic hydroxyl groups is 2. The van der Waals surface area contributed by atoms with Gasteiger partial charge in [0.15, 0.2) is 0 Å². The summed E-state index contributed by atoms with van der Waals surface area (Å²) in [5.41, 5.74) is 0. The Hall–Kier alpha value is -2.78. The predicted octanol–water partition coefficient (Wildman–Crippen LogP) is 5.61. The van der Waals surface area contributed by atoms with E-state index in [1.807, 2.05) is 60.7 Å². The van der Waals surface area contributed by atoms with Gasteiger partial charge in [0.05, 0.1) is 14.2 Å². The molecule has 150 valence electrons. The van der Waals surface area contributed by atoms with Crippen LogP contribution in [0.4, 0.5) is 0 Å². The molecule has 0 amide bonds. The van der Waals surface area contributed by atoms with Crippen LogP contribution in [0.5, 0.6) is 23.0 Å². The zero-order chi connectivity index (χ0) is 20.5. The Kier molecular flexibility index (Phi) is 15.7. The first-order valence-electron chi connectivity index (χ1n) is 8.65. The van der Waals surface area contributed by atoms with Crippen LogP contribution in [0.15, 0.2) is 109 Å². The summed E-state index contributed by atoms with van der Waals surface area (Å²) in [6, 6.07) is 33.3. The molecule has 5 heteroatoms. The molecule has 4 aromatic rings. The third-order valence-corrected chi connectivity index (χ3v) is 3.22. The van der Waals surface area contributed by atoms with E-state index in [2.05, 4.69) is 0 Å². The topological polar surface area (TPSA) is 58.9 Å². The zero-order valence-corrected chi connectivity index (χ0v) is 19.1. The maximum Gasteiger partial charge on any atom is 2.00 e. The van der Waals surface area contributed by atoms with Crippen molar-refractivity contribution in [2.24, 2.45) is 0 Å². The molecule has 29 heavy (non-hydrogen) atoms. The van der Waals surface area contributed by atoms with E-state index < -0.39 is 0 Å². The van der Waals surface area contributed by atoms with Crippen molar-refractivity contribution in [1.29, 1.82) is 0 Å². The van der Waals surface area contributed by atoms with Crippen molar-refractivity contribution in [3.05, 3.63) is 109 Å². The molecule has 0 unspecified atom stereocenters. The first-order chi connectivity index (χ1) is 13.7. The Balaban J connectivity index is 0.000000369. The minimum Gasteiger partial charge on any atom is -0.508 e. The number of hydrogen-bond acceptors (Lipinski definition) is 4. The average molecular weight is 470 g/mol. The van der Waals surface area contributed by atoms with Crippen molar-refractivity contribution in [2.45, 2.75) is 0 Å². The fraction of sp³-hybridized carbons (Fsp3) is 0.0833. The first-order valence-corrected chi connectivity index (χ1v) is 8.65. The smallest absolute Gasteiger partial charge is 0.508 e. The van der Waals surface area contributed by atoms with Crippen LogP contribution in [0, 0.1) is 0 Å². The Morgan fingerprint density at radius 1 is 0.586 bits per heavy atom. The van der Waals surface area contributed by atoms with Crippen LogP contribution in [0.1, 0.15) is 0 Å². The Bertz CT molecular complexity index is 722. The number of benzene rings is 2. The second kappa shape index (κ2) is 17.3. The van der Waals surface area contributed by atoms with E-state index in [1.165, 1.54) is 0 Å². The number of phenolic OH excluding ortho intramolecular Hbond substituents is 2. The van der Waals surface area contributed by atoms with Crippen LogP contribution in [0.2, 0.25) is 0 Å². The largest absolute Gasteiger partial charge is 2.00 e. The van der Waals surface area contributed by atoms with Crippen LogP contribution < -0.4 is 9.47 Å². The van der Waals surface area contributed by atoms with Gasteiger partial charge in [-0.1, -0.05) is 12.1 Å². The molecule has 0 heterocycles. The van der Waals surface area contributed by atoms with Gasteiger partial charge in [0, 0.05) is 12.1 Å². The van der Waals surface area contributed by atoms with Gasteiger partial charge in [-0.2, -0.15) is 36.4 Å². The molecule has 4 aromatic carbocycles. The van der Waals surface area contributed by atoms with E-state index in [9.17, 15) is 0 Å². The van der Waals surface area contributed by atoms with Crippen molar-refractivity contribution in [3.8, 4) is 23.0 Å². The average Bonchev–Trinajstić information content (AvgIpc) is 3.47. The molecule has 0 aliphatic rings. The minimum absolute atomic E-state index is 0. The van der Waals surface area contributed by atoms with Crippen molar-refractivity contribution >= 4 is 0 Å². The normalized spacial score (nSPS) is 8.34. The Labute approximate surface area is 191 Å². The van der Waals surface area contributed by atoms with Gasteiger partial charge in [0.25, 0.3) is 0 Å². The Morgan fingerprint density at radius 2 is 0.931 bits per heavy atom. The molecule has 0 saturated carbocycles. The van der Waals surface area contributed by atoms with Gasteiger partial charge < -0.3 is 19.7 Å². The summed E-state index contributed by atoms with van der Waals surface area (Å²) in [6.07, 6.45) is 0. The van der Waals surface area contributed by atoms with Crippen molar-refractivity contribution in [3.63, 3.8) is 0 Å². The summed E-state index contributed by atoms with van der Waals surface area (Å²) >= 11 is 0. The minimum atomic E-state index is 0. The number of hydrogen-bond donors (Lipinski definition) is 2. The van der Waals surface area contributed by atoms with Gasteiger partial charge in [0.2, 0.25) is 0 Å². The Morgan fingerprint density at radius 3 is 1.10 bits per heavy atom. The summed E-state index contributed by atoms with van der Waals surface area (Å²) < 4.78 is 9.67. The molecule has 0 aliphatic heterocycles. The second-order valence-corrected chi connectivity index (χ2v) is 5.33. The molecule has 0 spiro atoms. The summed E-state index contributed by atoms with van der Waals surface area (Å²) in [5.74, 6) is 1.81.